The van der Waals surface area contributed by atoms with Crippen LogP contribution in [-0.2, 0) is 28.9 Å². The lowest BCUT2D eigenvalue weighted by Crippen LogP contribution is -2.35. The molecule has 1 atom stereocenters. The first kappa shape index (κ1) is 14.0. The van der Waals surface area contributed by atoms with E-state index in [2.05, 4.69) is 0 Å². The molecule has 0 aliphatic heterocycles. The van der Waals surface area contributed by atoms with Crippen LogP contribution in [0.2, 0.25) is 0 Å². The molecule has 98 valence electrons. The van der Waals surface area contributed by atoms with Crippen LogP contribution in [0.3, 0.4) is 0 Å². The minimum Gasteiger partial charge on any atom is -0.465 e. The maximum atomic E-state index is 11.7. The number of rotatable bonds is 5. The predicted molar refractivity (Wildman–Crippen MR) is 58.9 cm³/mol. The van der Waals surface area contributed by atoms with Crippen LogP contribution in [0.1, 0.15) is 20.3 Å². The Morgan fingerprint density at radius 3 is 1.82 bits per heavy atom. The van der Waals surface area contributed by atoms with E-state index in [0.29, 0.717) is 0 Å². The van der Waals surface area contributed by atoms with Crippen molar-refractivity contribution >= 4 is 21.8 Å². The molecule has 1 saturated carbocycles. The third-order valence-corrected chi connectivity index (χ3v) is 4.30. The van der Waals surface area contributed by atoms with Gasteiger partial charge in [0.15, 0.2) is 15.3 Å². The Kier molecular flexibility index (Phi) is 3.81. The van der Waals surface area contributed by atoms with Gasteiger partial charge < -0.3 is 9.47 Å². The lowest BCUT2D eigenvalue weighted by Gasteiger charge is -2.13. The highest BCUT2D eigenvalue weighted by Crippen LogP contribution is 2.52. The van der Waals surface area contributed by atoms with Gasteiger partial charge in [-0.15, -0.1) is 0 Å². The van der Waals surface area contributed by atoms with Gasteiger partial charge >= 0.3 is 11.9 Å². The van der Waals surface area contributed by atoms with Crippen LogP contribution in [-0.4, -0.2) is 45.1 Å². The highest BCUT2D eigenvalue weighted by Gasteiger charge is 2.72. The molecule has 1 fully saturated rings. The van der Waals surface area contributed by atoms with E-state index in [1.807, 2.05) is 0 Å². The van der Waals surface area contributed by atoms with Gasteiger partial charge in [0.1, 0.15) is 0 Å². The zero-order valence-corrected chi connectivity index (χ0v) is 10.9. The van der Waals surface area contributed by atoms with Crippen LogP contribution in [0.5, 0.6) is 0 Å². The molecule has 0 bridgehead atoms. The van der Waals surface area contributed by atoms with Crippen LogP contribution in [0, 0.1) is 5.41 Å². The summed E-state index contributed by atoms with van der Waals surface area (Å²) < 4.78 is 32.3. The normalized spacial score (nSPS) is 21.7. The van der Waals surface area contributed by atoms with E-state index in [0.717, 1.165) is 6.26 Å². The Morgan fingerprint density at radius 1 is 1.18 bits per heavy atom. The van der Waals surface area contributed by atoms with E-state index in [9.17, 15) is 18.0 Å². The minimum absolute atomic E-state index is 0.0521. The molecular formula is C10H16O6S. The van der Waals surface area contributed by atoms with Gasteiger partial charge in [0, 0.05) is 6.26 Å². The second-order valence-electron chi connectivity index (χ2n) is 3.93. The molecule has 6 nitrogen and oxygen atoms in total. The summed E-state index contributed by atoms with van der Waals surface area (Å²) in [7, 11) is -3.47. The Hall–Kier alpha value is -1.11. The Balaban J connectivity index is 2.99. The van der Waals surface area contributed by atoms with Gasteiger partial charge in [0.25, 0.3) is 0 Å². The summed E-state index contributed by atoms with van der Waals surface area (Å²) in [5, 5.41) is -1.02. The summed E-state index contributed by atoms with van der Waals surface area (Å²) in [4.78, 5) is 23.4. The summed E-state index contributed by atoms with van der Waals surface area (Å²) in [6.07, 6.45) is 0.946. The first-order valence-corrected chi connectivity index (χ1v) is 7.29. The molecular weight excluding hydrogens is 248 g/mol. The van der Waals surface area contributed by atoms with Crippen LogP contribution >= 0.6 is 0 Å². The third-order valence-electron chi connectivity index (χ3n) is 2.69. The lowest BCUT2D eigenvalue weighted by atomic mass is 10.1. The van der Waals surface area contributed by atoms with E-state index in [1.165, 1.54) is 0 Å². The summed E-state index contributed by atoms with van der Waals surface area (Å²) in [5.41, 5.74) is -1.64. The van der Waals surface area contributed by atoms with Crippen molar-refractivity contribution in [3.8, 4) is 0 Å². The number of sulfone groups is 1. The summed E-state index contributed by atoms with van der Waals surface area (Å²) in [5.74, 6) is -1.62. The largest absolute Gasteiger partial charge is 0.465 e. The molecule has 0 saturated heterocycles. The average molecular weight is 264 g/mol. The molecule has 1 rings (SSSR count). The van der Waals surface area contributed by atoms with Gasteiger partial charge in [-0.05, 0) is 20.3 Å². The van der Waals surface area contributed by atoms with E-state index in [4.69, 9.17) is 9.47 Å². The molecule has 1 aliphatic rings. The summed E-state index contributed by atoms with van der Waals surface area (Å²) in [6, 6.07) is 0. The second kappa shape index (κ2) is 4.64. The third kappa shape index (κ3) is 2.43. The highest BCUT2D eigenvalue weighted by molar-refractivity contribution is 7.91. The topological polar surface area (TPSA) is 86.7 Å². The maximum absolute atomic E-state index is 11.7. The van der Waals surface area contributed by atoms with Crippen molar-refractivity contribution < 1.29 is 27.5 Å². The van der Waals surface area contributed by atoms with Gasteiger partial charge in [-0.25, -0.2) is 8.42 Å². The fourth-order valence-electron chi connectivity index (χ4n) is 1.78. The number of ether oxygens (including phenoxy) is 2. The predicted octanol–water partition coefficient (Wildman–Crippen LogP) is -0.0841. The Morgan fingerprint density at radius 2 is 1.59 bits per heavy atom. The molecule has 0 unspecified atom stereocenters. The van der Waals surface area contributed by atoms with Crippen LogP contribution in [0.25, 0.3) is 0 Å². The molecule has 0 amide bonds. The van der Waals surface area contributed by atoms with Crippen molar-refractivity contribution in [2.45, 2.75) is 25.5 Å². The minimum atomic E-state index is -3.47. The zero-order valence-electron chi connectivity index (χ0n) is 10.1. The smallest absolute Gasteiger partial charge is 0.324 e. The number of carbonyl (C=O) groups excluding carboxylic acids is 2. The van der Waals surface area contributed by atoms with Gasteiger partial charge in [0.2, 0.25) is 0 Å². The molecule has 1 aliphatic carbocycles. The summed E-state index contributed by atoms with van der Waals surface area (Å²) >= 11 is 0. The van der Waals surface area contributed by atoms with E-state index in [1.54, 1.807) is 13.8 Å². The van der Waals surface area contributed by atoms with Crippen molar-refractivity contribution in [3.63, 3.8) is 0 Å². The fourth-order valence-corrected chi connectivity index (χ4v) is 3.27. The van der Waals surface area contributed by atoms with Crippen LogP contribution < -0.4 is 0 Å². The quantitative estimate of drug-likeness (QED) is 0.509. The Labute approximate surface area is 100 Å². The van der Waals surface area contributed by atoms with Crippen molar-refractivity contribution in [1.29, 1.82) is 0 Å². The van der Waals surface area contributed by atoms with Crippen LogP contribution in [0.15, 0.2) is 0 Å². The van der Waals surface area contributed by atoms with Gasteiger partial charge in [-0.3, -0.25) is 9.59 Å². The van der Waals surface area contributed by atoms with Gasteiger partial charge in [-0.1, -0.05) is 0 Å². The second-order valence-corrected chi connectivity index (χ2v) is 6.16. The molecule has 0 heterocycles. The molecule has 0 aromatic carbocycles. The molecule has 0 spiro atoms. The molecule has 17 heavy (non-hydrogen) atoms. The number of hydrogen-bond acceptors (Lipinski definition) is 6. The van der Waals surface area contributed by atoms with Crippen molar-refractivity contribution in [1.82, 2.24) is 0 Å². The standard InChI is InChI=1S/C10H16O6S/c1-4-15-8(11)10(9(12)16-5-2)6-7(10)17(3,13)14/h7H,4-6H2,1-3H3/t7-/m0/s1. The summed E-state index contributed by atoms with van der Waals surface area (Å²) in [6.45, 7) is 3.37. The lowest BCUT2D eigenvalue weighted by molar-refractivity contribution is -0.163. The van der Waals surface area contributed by atoms with Crippen LogP contribution in [0.4, 0.5) is 0 Å². The maximum Gasteiger partial charge on any atom is 0.324 e. The number of esters is 2. The molecule has 0 aromatic rings. The van der Waals surface area contributed by atoms with E-state index < -0.39 is 32.4 Å². The first-order chi connectivity index (χ1) is 7.80. The molecule has 0 radical (unpaired) electrons. The zero-order chi connectivity index (χ0) is 13.3. The monoisotopic (exact) mass is 264 g/mol. The first-order valence-electron chi connectivity index (χ1n) is 5.34. The SMILES string of the molecule is CCOC(=O)C1(C(=O)OCC)C[C@@H]1S(C)(=O)=O. The van der Waals surface area contributed by atoms with Gasteiger partial charge in [0.05, 0.1) is 18.5 Å². The fraction of sp³-hybridized carbons (Fsp3) is 0.800. The van der Waals surface area contributed by atoms with E-state index >= 15 is 0 Å². The molecule has 0 aromatic heterocycles. The Bertz CT molecular complexity index is 406. The number of carbonyl (C=O) groups is 2. The molecule has 7 heteroatoms. The highest BCUT2D eigenvalue weighted by atomic mass is 32.2. The van der Waals surface area contributed by atoms with Gasteiger partial charge in [-0.2, -0.15) is 0 Å². The van der Waals surface area contributed by atoms with E-state index in [-0.39, 0.29) is 19.6 Å². The molecule has 0 N–H and O–H groups in total. The van der Waals surface area contributed by atoms with Crippen molar-refractivity contribution in [2.24, 2.45) is 5.41 Å². The number of hydrogen-bond donors (Lipinski definition) is 0. The average Bonchev–Trinajstić information content (AvgIpc) is 2.94. The van der Waals surface area contributed by atoms with Crippen molar-refractivity contribution in [3.05, 3.63) is 0 Å². The van der Waals surface area contributed by atoms with Crippen molar-refractivity contribution in [2.75, 3.05) is 19.5 Å².